The van der Waals surface area contributed by atoms with Gasteiger partial charge in [0.15, 0.2) is 0 Å². The van der Waals surface area contributed by atoms with Crippen molar-refractivity contribution in [1.82, 2.24) is 0 Å². The minimum atomic E-state index is -1.08. The first-order valence-electron chi connectivity index (χ1n) is 4.83. The zero-order valence-electron chi connectivity index (χ0n) is 9.25. The third kappa shape index (κ3) is 2.61. The van der Waals surface area contributed by atoms with Gasteiger partial charge in [-0.05, 0) is 12.1 Å². The lowest BCUT2D eigenvalue weighted by atomic mass is 10.0. The molecule has 1 rings (SSSR count). The molecule has 0 aliphatic heterocycles. The summed E-state index contributed by atoms with van der Waals surface area (Å²) in [5.74, 6) is 1.11. The molecule has 0 heterocycles. The molecule has 2 N–H and O–H groups in total. The molecule has 5 heteroatoms. The van der Waals surface area contributed by atoms with Crippen LogP contribution in [0.2, 0.25) is 0 Å². The normalized spacial score (nSPS) is 14.3. The van der Waals surface area contributed by atoms with Gasteiger partial charge in [0.05, 0.1) is 25.9 Å². The summed E-state index contributed by atoms with van der Waals surface area (Å²) in [6, 6.07) is 5.15. The third-order valence-electron chi connectivity index (χ3n) is 2.31. The number of aliphatic hydroxyl groups excluding tert-OH is 2. The number of ether oxygens (including phenoxy) is 2. The van der Waals surface area contributed by atoms with Gasteiger partial charge in [-0.15, -0.1) is 0 Å². The fourth-order valence-electron chi connectivity index (χ4n) is 1.46. The van der Waals surface area contributed by atoms with Crippen LogP contribution in [0.25, 0.3) is 0 Å². The van der Waals surface area contributed by atoms with Crippen molar-refractivity contribution in [2.75, 3.05) is 20.0 Å². The van der Waals surface area contributed by atoms with Crippen molar-refractivity contribution in [1.29, 1.82) is 0 Å². The average molecular weight is 244 g/mol. The van der Waals surface area contributed by atoms with Crippen LogP contribution < -0.4 is 9.47 Å². The van der Waals surface area contributed by atoms with E-state index in [2.05, 4.69) is 12.6 Å². The molecule has 2 unspecified atom stereocenters. The lowest BCUT2D eigenvalue weighted by molar-refractivity contribution is 0.0307. The number of hydrogen-bond donors (Lipinski definition) is 3. The van der Waals surface area contributed by atoms with Gasteiger partial charge in [-0.3, -0.25) is 0 Å². The Bertz CT molecular complexity index is 321. The van der Waals surface area contributed by atoms with Crippen molar-refractivity contribution in [2.24, 2.45) is 0 Å². The molecule has 0 spiro atoms. The number of benzene rings is 1. The second kappa shape index (κ2) is 5.98. The Morgan fingerprint density at radius 1 is 1.19 bits per heavy atom. The molecular formula is C11H16O4S. The smallest absolute Gasteiger partial charge is 0.128 e. The molecule has 2 atom stereocenters. The maximum atomic E-state index is 9.95. The van der Waals surface area contributed by atoms with Crippen LogP contribution in [0.4, 0.5) is 0 Å². The van der Waals surface area contributed by atoms with Gasteiger partial charge in [0.2, 0.25) is 0 Å². The fourth-order valence-corrected chi connectivity index (χ4v) is 1.66. The van der Waals surface area contributed by atoms with Crippen LogP contribution in [-0.4, -0.2) is 36.3 Å². The molecule has 0 amide bonds. The van der Waals surface area contributed by atoms with Gasteiger partial charge in [0.25, 0.3) is 0 Å². The quantitative estimate of drug-likeness (QED) is 0.677. The summed E-state index contributed by atoms with van der Waals surface area (Å²) in [6.07, 6.45) is -2.04. The Labute approximate surface area is 100 Å². The summed E-state index contributed by atoms with van der Waals surface area (Å²) < 4.78 is 10.3. The van der Waals surface area contributed by atoms with Crippen molar-refractivity contribution >= 4 is 12.6 Å². The van der Waals surface area contributed by atoms with E-state index in [1.807, 2.05) is 0 Å². The molecular weight excluding hydrogens is 228 g/mol. The molecule has 0 saturated heterocycles. The maximum Gasteiger partial charge on any atom is 0.128 e. The predicted octanol–water partition coefficient (Wildman–Crippen LogP) is 1.03. The highest BCUT2D eigenvalue weighted by molar-refractivity contribution is 7.80. The van der Waals surface area contributed by atoms with E-state index in [0.717, 1.165) is 0 Å². The molecule has 0 aliphatic carbocycles. The molecule has 16 heavy (non-hydrogen) atoms. The molecule has 0 radical (unpaired) electrons. The van der Waals surface area contributed by atoms with Crippen LogP contribution in [-0.2, 0) is 0 Å². The zero-order chi connectivity index (χ0) is 12.1. The number of thiol groups is 1. The molecule has 90 valence electrons. The van der Waals surface area contributed by atoms with Crippen molar-refractivity contribution in [3.05, 3.63) is 23.8 Å². The standard InChI is InChI=1S/C11H16O4S/c1-14-8-4-3-5-9(15-2)10(8)11(13)7(12)6-16/h3-5,7,11-13,16H,6H2,1-2H3. The highest BCUT2D eigenvalue weighted by Crippen LogP contribution is 2.35. The average Bonchev–Trinajstić information content (AvgIpc) is 2.35. The summed E-state index contributed by atoms with van der Waals surface area (Å²) in [5.41, 5.74) is 0.439. The van der Waals surface area contributed by atoms with E-state index < -0.39 is 12.2 Å². The summed E-state index contributed by atoms with van der Waals surface area (Å²) in [4.78, 5) is 0. The van der Waals surface area contributed by atoms with Crippen LogP contribution in [0.5, 0.6) is 11.5 Å². The molecule has 0 fully saturated rings. The summed E-state index contributed by atoms with van der Waals surface area (Å²) >= 11 is 3.94. The molecule has 1 aromatic carbocycles. The molecule has 0 bridgehead atoms. The zero-order valence-corrected chi connectivity index (χ0v) is 10.1. The molecule has 0 aromatic heterocycles. The van der Waals surface area contributed by atoms with Crippen molar-refractivity contribution < 1.29 is 19.7 Å². The number of rotatable bonds is 5. The SMILES string of the molecule is COc1cccc(OC)c1C(O)C(O)CS. The fraction of sp³-hybridized carbons (Fsp3) is 0.455. The van der Waals surface area contributed by atoms with Crippen LogP contribution in [0.3, 0.4) is 0 Å². The Hall–Kier alpha value is -0.910. The highest BCUT2D eigenvalue weighted by Gasteiger charge is 2.24. The third-order valence-corrected chi connectivity index (χ3v) is 2.69. The van der Waals surface area contributed by atoms with Gasteiger partial charge < -0.3 is 19.7 Å². The minimum Gasteiger partial charge on any atom is -0.496 e. The van der Waals surface area contributed by atoms with E-state index in [9.17, 15) is 10.2 Å². The molecule has 0 aliphatic rings. The minimum absolute atomic E-state index is 0.155. The first-order valence-corrected chi connectivity index (χ1v) is 5.46. The van der Waals surface area contributed by atoms with Crippen molar-refractivity contribution in [2.45, 2.75) is 12.2 Å². The van der Waals surface area contributed by atoms with Gasteiger partial charge in [-0.25, -0.2) is 0 Å². The van der Waals surface area contributed by atoms with E-state index in [1.165, 1.54) is 14.2 Å². The first-order chi connectivity index (χ1) is 7.65. The van der Waals surface area contributed by atoms with E-state index in [4.69, 9.17) is 9.47 Å². The largest absolute Gasteiger partial charge is 0.496 e. The van der Waals surface area contributed by atoms with Gasteiger partial charge in [-0.1, -0.05) is 6.07 Å². The Kier molecular flexibility index (Phi) is 4.92. The number of methoxy groups -OCH3 is 2. The lowest BCUT2D eigenvalue weighted by Gasteiger charge is -2.21. The van der Waals surface area contributed by atoms with Gasteiger partial charge >= 0.3 is 0 Å². The maximum absolute atomic E-state index is 9.95. The van der Waals surface area contributed by atoms with Crippen molar-refractivity contribution in [3.63, 3.8) is 0 Å². The van der Waals surface area contributed by atoms with Gasteiger partial charge in [0, 0.05) is 5.75 Å². The Morgan fingerprint density at radius 3 is 2.06 bits per heavy atom. The van der Waals surface area contributed by atoms with Crippen LogP contribution in [0.1, 0.15) is 11.7 Å². The topological polar surface area (TPSA) is 58.9 Å². The van der Waals surface area contributed by atoms with Crippen LogP contribution in [0.15, 0.2) is 18.2 Å². The van der Waals surface area contributed by atoms with Crippen LogP contribution in [0, 0.1) is 0 Å². The van der Waals surface area contributed by atoms with Gasteiger partial charge in [-0.2, -0.15) is 12.6 Å². The van der Waals surface area contributed by atoms with E-state index >= 15 is 0 Å². The molecule has 1 aromatic rings. The first kappa shape index (κ1) is 13.2. The van der Waals surface area contributed by atoms with E-state index in [0.29, 0.717) is 17.1 Å². The second-order valence-corrected chi connectivity index (χ2v) is 3.64. The summed E-state index contributed by atoms with van der Waals surface area (Å²) in [7, 11) is 3.00. The molecule has 4 nitrogen and oxygen atoms in total. The van der Waals surface area contributed by atoms with Crippen LogP contribution >= 0.6 is 12.6 Å². The van der Waals surface area contributed by atoms with E-state index in [-0.39, 0.29) is 5.75 Å². The molecule has 0 saturated carbocycles. The number of aliphatic hydroxyl groups is 2. The summed E-state index contributed by atoms with van der Waals surface area (Å²) in [6.45, 7) is 0. The van der Waals surface area contributed by atoms with Gasteiger partial charge in [0.1, 0.15) is 17.6 Å². The highest BCUT2D eigenvalue weighted by atomic mass is 32.1. The Balaban J connectivity index is 3.17. The Morgan fingerprint density at radius 2 is 1.69 bits per heavy atom. The predicted molar refractivity (Wildman–Crippen MR) is 64.4 cm³/mol. The number of hydrogen-bond acceptors (Lipinski definition) is 5. The monoisotopic (exact) mass is 244 g/mol. The second-order valence-electron chi connectivity index (χ2n) is 3.27. The summed E-state index contributed by atoms with van der Waals surface area (Å²) in [5, 5.41) is 19.5. The van der Waals surface area contributed by atoms with E-state index in [1.54, 1.807) is 18.2 Å². The van der Waals surface area contributed by atoms with Crippen molar-refractivity contribution in [3.8, 4) is 11.5 Å². The lowest BCUT2D eigenvalue weighted by Crippen LogP contribution is -2.21.